The second kappa shape index (κ2) is 7.56. The molecule has 1 aromatic carbocycles. The molecule has 6 heteroatoms. The Hall–Kier alpha value is -1.40. The van der Waals surface area contributed by atoms with Gasteiger partial charge in [0.15, 0.2) is 0 Å². The molecular formula is C15H20BrN3O2. The summed E-state index contributed by atoms with van der Waals surface area (Å²) in [4.78, 5) is 25.9. The zero-order valence-electron chi connectivity index (χ0n) is 12.1. The van der Waals surface area contributed by atoms with E-state index in [1.807, 2.05) is 31.2 Å². The Morgan fingerprint density at radius 3 is 2.86 bits per heavy atom. The summed E-state index contributed by atoms with van der Waals surface area (Å²) in [5.74, 6) is -0.323. The van der Waals surface area contributed by atoms with Crippen molar-refractivity contribution < 1.29 is 9.59 Å². The van der Waals surface area contributed by atoms with E-state index in [2.05, 4.69) is 26.6 Å². The van der Waals surface area contributed by atoms with E-state index in [1.54, 1.807) is 4.90 Å². The molecule has 1 aromatic rings. The third-order valence-corrected chi connectivity index (χ3v) is 4.16. The van der Waals surface area contributed by atoms with Crippen LogP contribution < -0.4 is 15.5 Å². The van der Waals surface area contributed by atoms with Gasteiger partial charge < -0.3 is 15.5 Å². The highest BCUT2D eigenvalue weighted by atomic mass is 79.9. The normalized spacial score (nSPS) is 18.1. The number of hydrogen-bond acceptors (Lipinski definition) is 3. The number of carbonyl (C=O) groups is 2. The maximum atomic E-state index is 12.1. The van der Waals surface area contributed by atoms with Crippen LogP contribution in [0.2, 0.25) is 0 Å². The fraction of sp³-hybridized carbons (Fsp3) is 0.467. The Bertz CT molecular complexity index is 521. The molecule has 0 saturated carbocycles. The van der Waals surface area contributed by atoms with Crippen LogP contribution in [-0.2, 0) is 9.59 Å². The van der Waals surface area contributed by atoms with Crippen LogP contribution in [0.25, 0.3) is 0 Å². The van der Waals surface area contributed by atoms with Gasteiger partial charge in [-0.25, -0.2) is 0 Å². The average Bonchev–Trinajstić information content (AvgIpc) is 2.86. The van der Waals surface area contributed by atoms with Crippen molar-refractivity contribution in [1.29, 1.82) is 0 Å². The van der Waals surface area contributed by atoms with Crippen LogP contribution in [0, 0.1) is 5.92 Å². The lowest BCUT2D eigenvalue weighted by atomic mass is 10.1. The van der Waals surface area contributed by atoms with E-state index in [-0.39, 0.29) is 24.2 Å². The molecule has 1 aliphatic heterocycles. The van der Waals surface area contributed by atoms with Crippen LogP contribution in [0.5, 0.6) is 0 Å². The summed E-state index contributed by atoms with van der Waals surface area (Å²) in [5.41, 5.74) is 0.824. The first-order valence-corrected chi connectivity index (χ1v) is 7.96. The second-order valence-corrected chi connectivity index (χ2v) is 5.86. The number of rotatable bonds is 6. The maximum absolute atomic E-state index is 12.1. The lowest BCUT2D eigenvalue weighted by molar-refractivity contribution is -0.126. The number of nitrogens with zero attached hydrogens (tertiary/aromatic N) is 1. The number of nitrogens with one attached hydrogen (secondary N) is 2. The zero-order chi connectivity index (χ0) is 15.2. The van der Waals surface area contributed by atoms with Crippen molar-refractivity contribution in [3.8, 4) is 0 Å². The van der Waals surface area contributed by atoms with Gasteiger partial charge in [0.1, 0.15) is 0 Å². The molecule has 0 bridgehead atoms. The van der Waals surface area contributed by atoms with E-state index in [4.69, 9.17) is 0 Å². The Labute approximate surface area is 133 Å². The Morgan fingerprint density at radius 1 is 1.38 bits per heavy atom. The third kappa shape index (κ3) is 4.04. The summed E-state index contributed by atoms with van der Waals surface area (Å²) in [6, 6.07) is 7.57. The second-order valence-electron chi connectivity index (χ2n) is 5.00. The molecule has 114 valence electrons. The van der Waals surface area contributed by atoms with Crippen LogP contribution >= 0.6 is 15.9 Å². The van der Waals surface area contributed by atoms with E-state index >= 15 is 0 Å². The molecule has 0 aromatic heterocycles. The minimum absolute atomic E-state index is 0.00580. The van der Waals surface area contributed by atoms with Crippen molar-refractivity contribution >= 4 is 33.4 Å². The van der Waals surface area contributed by atoms with E-state index in [9.17, 15) is 9.59 Å². The van der Waals surface area contributed by atoms with E-state index in [1.165, 1.54) is 0 Å². The quantitative estimate of drug-likeness (QED) is 0.762. The summed E-state index contributed by atoms with van der Waals surface area (Å²) in [6.45, 7) is 4.68. The molecule has 1 heterocycles. The number of hydrogen-bond donors (Lipinski definition) is 2. The molecule has 0 radical (unpaired) electrons. The Balaban J connectivity index is 1.93. The summed E-state index contributed by atoms with van der Waals surface area (Å²) < 4.78 is 0.867. The van der Waals surface area contributed by atoms with Gasteiger partial charge in [-0.3, -0.25) is 9.59 Å². The van der Waals surface area contributed by atoms with Crippen LogP contribution in [0.3, 0.4) is 0 Å². The number of carbonyl (C=O) groups excluding carboxylic acids is 2. The lowest BCUT2D eigenvalue weighted by Gasteiger charge is -2.18. The van der Waals surface area contributed by atoms with E-state index in [0.717, 1.165) is 23.2 Å². The topological polar surface area (TPSA) is 61.4 Å². The Kier molecular flexibility index (Phi) is 5.76. The number of likely N-dealkylation sites (N-methyl/N-ethyl adjacent to an activating group) is 1. The van der Waals surface area contributed by atoms with Crippen molar-refractivity contribution in [1.82, 2.24) is 10.6 Å². The van der Waals surface area contributed by atoms with E-state index in [0.29, 0.717) is 13.1 Å². The van der Waals surface area contributed by atoms with Gasteiger partial charge >= 0.3 is 0 Å². The van der Waals surface area contributed by atoms with Gasteiger partial charge in [-0.05, 0) is 34.6 Å². The predicted octanol–water partition coefficient (Wildman–Crippen LogP) is 1.53. The summed E-state index contributed by atoms with van der Waals surface area (Å²) in [5, 5.41) is 6.02. The molecule has 2 N–H and O–H groups in total. The summed E-state index contributed by atoms with van der Waals surface area (Å²) in [7, 11) is 0. The number of benzene rings is 1. The molecular weight excluding hydrogens is 334 g/mol. The van der Waals surface area contributed by atoms with Crippen LogP contribution in [0.4, 0.5) is 5.69 Å². The highest BCUT2D eigenvalue weighted by Crippen LogP contribution is 2.31. The molecule has 1 atom stereocenters. The minimum atomic E-state index is -0.272. The number of para-hydroxylation sites is 1. The first-order chi connectivity index (χ1) is 10.1. The van der Waals surface area contributed by atoms with Gasteiger partial charge in [-0.2, -0.15) is 0 Å². The third-order valence-electron chi connectivity index (χ3n) is 3.49. The average molecular weight is 354 g/mol. The fourth-order valence-electron chi connectivity index (χ4n) is 2.38. The molecule has 2 amide bonds. The van der Waals surface area contributed by atoms with Gasteiger partial charge in [-0.1, -0.05) is 19.1 Å². The predicted molar refractivity (Wildman–Crippen MR) is 86.2 cm³/mol. The molecule has 1 unspecified atom stereocenters. The minimum Gasteiger partial charge on any atom is -0.355 e. The highest BCUT2D eigenvalue weighted by Gasteiger charge is 2.35. The van der Waals surface area contributed by atoms with E-state index < -0.39 is 0 Å². The summed E-state index contributed by atoms with van der Waals surface area (Å²) >= 11 is 3.45. The van der Waals surface area contributed by atoms with Crippen LogP contribution in [0.1, 0.15) is 13.3 Å². The van der Waals surface area contributed by atoms with Gasteiger partial charge in [0.25, 0.3) is 0 Å². The largest absolute Gasteiger partial charge is 0.355 e. The molecule has 21 heavy (non-hydrogen) atoms. The lowest BCUT2D eigenvalue weighted by Crippen LogP contribution is -2.37. The van der Waals surface area contributed by atoms with Gasteiger partial charge in [0.05, 0.1) is 11.6 Å². The van der Waals surface area contributed by atoms with Crippen molar-refractivity contribution in [2.75, 3.05) is 31.1 Å². The van der Waals surface area contributed by atoms with Gasteiger partial charge in [0.2, 0.25) is 11.8 Å². The van der Waals surface area contributed by atoms with Gasteiger partial charge in [-0.15, -0.1) is 0 Å². The highest BCUT2D eigenvalue weighted by molar-refractivity contribution is 9.10. The number of amides is 2. The molecule has 0 aliphatic carbocycles. The monoisotopic (exact) mass is 353 g/mol. The number of halogens is 1. The number of anilines is 1. The molecule has 2 rings (SSSR count). The molecule has 5 nitrogen and oxygen atoms in total. The Morgan fingerprint density at radius 2 is 2.14 bits per heavy atom. The molecule has 1 saturated heterocycles. The SMILES string of the molecule is CCNCCNC(=O)C1CC(=O)N(c2ccccc2Br)C1. The van der Waals surface area contributed by atoms with Crippen molar-refractivity contribution in [3.05, 3.63) is 28.7 Å². The van der Waals surface area contributed by atoms with Crippen LogP contribution in [0.15, 0.2) is 28.7 Å². The smallest absolute Gasteiger partial charge is 0.227 e. The first-order valence-electron chi connectivity index (χ1n) is 7.16. The molecule has 1 fully saturated rings. The molecule has 1 aliphatic rings. The van der Waals surface area contributed by atoms with Crippen molar-refractivity contribution in [2.45, 2.75) is 13.3 Å². The van der Waals surface area contributed by atoms with Gasteiger partial charge in [0, 0.05) is 30.5 Å². The van der Waals surface area contributed by atoms with Crippen molar-refractivity contribution in [3.63, 3.8) is 0 Å². The standard InChI is InChI=1S/C15H20BrN3O2/c1-2-17-7-8-18-15(21)11-9-14(20)19(10-11)13-6-4-3-5-12(13)16/h3-6,11,17H,2,7-10H2,1H3,(H,18,21). The van der Waals surface area contributed by atoms with Crippen molar-refractivity contribution in [2.24, 2.45) is 5.92 Å². The fourth-order valence-corrected chi connectivity index (χ4v) is 2.88. The molecule has 0 spiro atoms. The van der Waals surface area contributed by atoms with Crippen LogP contribution in [-0.4, -0.2) is 38.0 Å². The maximum Gasteiger partial charge on any atom is 0.227 e. The summed E-state index contributed by atoms with van der Waals surface area (Å²) in [6.07, 6.45) is 0.272. The first kappa shape index (κ1) is 16.0. The zero-order valence-corrected chi connectivity index (χ0v) is 13.6.